The molecule has 0 aromatic rings. The van der Waals surface area contributed by atoms with Gasteiger partial charge in [-0.15, -0.1) is 0 Å². The Morgan fingerprint density at radius 1 is 1.42 bits per heavy atom. The van der Waals surface area contributed by atoms with E-state index in [-0.39, 0.29) is 12.1 Å². The molecule has 12 heavy (non-hydrogen) atoms. The second-order valence-corrected chi connectivity index (χ2v) is 3.42. The van der Waals surface area contributed by atoms with Gasteiger partial charge in [-0.25, -0.2) is 0 Å². The van der Waals surface area contributed by atoms with Gasteiger partial charge in [0.05, 0.1) is 6.54 Å². The Morgan fingerprint density at radius 3 is 2.25 bits per heavy atom. The number of rotatable bonds is 2. The van der Waals surface area contributed by atoms with Crippen molar-refractivity contribution in [2.24, 2.45) is 5.73 Å². The smallest absolute Gasteiger partial charge is 0.328 e. The van der Waals surface area contributed by atoms with Gasteiger partial charge in [-0.05, 0) is 19.9 Å². The molecule has 1 rings (SSSR count). The first-order valence-corrected chi connectivity index (χ1v) is 3.91. The summed E-state index contributed by atoms with van der Waals surface area (Å²) in [5.74, 6) is 0. The molecule has 0 saturated heterocycles. The van der Waals surface area contributed by atoms with Crippen LogP contribution in [0.5, 0.6) is 0 Å². The maximum Gasteiger partial charge on any atom is 0.401 e. The summed E-state index contributed by atoms with van der Waals surface area (Å²) in [4.78, 5) is 1.32. The third kappa shape index (κ3) is 2.64. The van der Waals surface area contributed by atoms with Crippen molar-refractivity contribution in [3.05, 3.63) is 0 Å². The first-order valence-electron chi connectivity index (χ1n) is 3.91. The molecule has 72 valence electrons. The van der Waals surface area contributed by atoms with Crippen LogP contribution in [0.1, 0.15) is 12.8 Å². The van der Waals surface area contributed by atoms with E-state index in [0.717, 1.165) is 0 Å². The van der Waals surface area contributed by atoms with E-state index in [0.29, 0.717) is 12.8 Å². The second-order valence-electron chi connectivity index (χ2n) is 3.42. The van der Waals surface area contributed by atoms with Crippen LogP contribution >= 0.6 is 0 Å². The highest BCUT2D eigenvalue weighted by atomic mass is 19.4. The largest absolute Gasteiger partial charge is 0.401 e. The first kappa shape index (κ1) is 9.80. The lowest BCUT2D eigenvalue weighted by molar-refractivity contribution is -0.151. The molecule has 1 aliphatic carbocycles. The summed E-state index contributed by atoms with van der Waals surface area (Å²) in [6, 6.07) is 0.132. The maximum atomic E-state index is 11.9. The average Bonchev–Trinajstić information content (AvgIpc) is 1.76. The van der Waals surface area contributed by atoms with Crippen LogP contribution in [-0.4, -0.2) is 36.8 Å². The molecule has 5 heteroatoms. The third-order valence-electron chi connectivity index (χ3n) is 2.20. The fourth-order valence-electron chi connectivity index (χ4n) is 1.40. The Morgan fingerprint density at radius 2 is 1.92 bits per heavy atom. The van der Waals surface area contributed by atoms with Gasteiger partial charge in [0.2, 0.25) is 0 Å². The van der Waals surface area contributed by atoms with E-state index in [2.05, 4.69) is 0 Å². The number of halogens is 3. The van der Waals surface area contributed by atoms with E-state index in [1.165, 1.54) is 11.9 Å². The number of nitrogens with two attached hydrogens (primary N) is 1. The van der Waals surface area contributed by atoms with Gasteiger partial charge >= 0.3 is 6.18 Å². The van der Waals surface area contributed by atoms with E-state index >= 15 is 0 Å². The van der Waals surface area contributed by atoms with Gasteiger partial charge in [0, 0.05) is 12.1 Å². The molecule has 0 radical (unpaired) electrons. The molecule has 0 atom stereocenters. The van der Waals surface area contributed by atoms with Crippen LogP contribution in [0.25, 0.3) is 0 Å². The van der Waals surface area contributed by atoms with Gasteiger partial charge in [-0.2, -0.15) is 13.2 Å². The predicted octanol–water partition coefficient (Wildman–Crippen LogP) is 0.970. The van der Waals surface area contributed by atoms with Gasteiger partial charge < -0.3 is 5.73 Å². The molecule has 1 aliphatic rings. The topological polar surface area (TPSA) is 29.3 Å². The summed E-state index contributed by atoms with van der Waals surface area (Å²) in [7, 11) is 1.49. The molecule has 2 N–H and O–H groups in total. The van der Waals surface area contributed by atoms with Crippen LogP contribution in [0.2, 0.25) is 0 Å². The van der Waals surface area contributed by atoms with Gasteiger partial charge in [-0.1, -0.05) is 0 Å². The highest BCUT2D eigenvalue weighted by molar-refractivity contribution is 4.88. The Bertz CT molecular complexity index is 151. The highest BCUT2D eigenvalue weighted by Crippen LogP contribution is 2.26. The van der Waals surface area contributed by atoms with Crippen molar-refractivity contribution < 1.29 is 13.2 Å². The lowest BCUT2D eigenvalue weighted by Crippen LogP contribution is -2.51. The van der Waals surface area contributed by atoms with E-state index in [1.807, 2.05) is 0 Å². The molecule has 0 unspecified atom stereocenters. The zero-order chi connectivity index (χ0) is 9.35. The van der Waals surface area contributed by atoms with E-state index in [9.17, 15) is 13.2 Å². The maximum absolute atomic E-state index is 11.9. The molecule has 2 nitrogen and oxygen atoms in total. The molecule has 0 heterocycles. The number of hydrogen-bond acceptors (Lipinski definition) is 2. The number of hydrogen-bond donors (Lipinski definition) is 1. The van der Waals surface area contributed by atoms with Crippen LogP contribution in [0.4, 0.5) is 13.2 Å². The molecule has 0 bridgehead atoms. The summed E-state index contributed by atoms with van der Waals surface area (Å²) in [5, 5.41) is 0. The summed E-state index contributed by atoms with van der Waals surface area (Å²) >= 11 is 0. The van der Waals surface area contributed by atoms with Crippen molar-refractivity contribution in [1.82, 2.24) is 4.90 Å². The SMILES string of the molecule is CN(CC(F)(F)F)C1CC(N)C1. The molecule has 0 amide bonds. The highest BCUT2D eigenvalue weighted by Gasteiger charge is 2.36. The lowest BCUT2D eigenvalue weighted by Gasteiger charge is -2.39. The zero-order valence-electron chi connectivity index (χ0n) is 6.93. The standard InChI is InChI=1S/C7H13F3N2/c1-12(4-7(8,9)10)6-2-5(11)3-6/h5-6H,2-4,11H2,1H3. The van der Waals surface area contributed by atoms with Crippen LogP contribution in [-0.2, 0) is 0 Å². The van der Waals surface area contributed by atoms with E-state index in [4.69, 9.17) is 5.73 Å². The van der Waals surface area contributed by atoms with Crippen molar-refractivity contribution >= 4 is 0 Å². The number of nitrogens with zero attached hydrogens (tertiary/aromatic N) is 1. The van der Waals surface area contributed by atoms with Crippen LogP contribution in [0.15, 0.2) is 0 Å². The minimum absolute atomic E-state index is 0.0293. The molecule has 1 fully saturated rings. The van der Waals surface area contributed by atoms with Crippen molar-refractivity contribution in [1.29, 1.82) is 0 Å². The van der Waals surface area contributed by atoms with Gasteiger partial charge in [0.1, 0.15) is 0 Å². The van der Waals surface area contributed by atoms with E-state index in [1.54, 1.807) is 0 Å². The molecule has 1 saturated carbocycles. The monoisotopic (exact) mass is 182 g/mol. The average molecular weight is 182 g/mol. The quantitative estimate of drug-likeness (QED) is 0.689. The zero-order valence-corrected chi connectivity index (χ0v) is 6.93. The van der Waals surface area contributed by atoms with E-state index < -0.39 is 12.7 Å². The van der Waals surface area contributed by atoms with Gasteiger partial charge in [-0.3, -0.25) is 4.90 Å². The lowest BCUT2D eigenvalue weighted by atomic mass is 9.86. The molecule has 0 aromatic carbocycles. The van der Waals surface area contributed by atoms with Crippen molar-refractivity contribution in [3.8, 4) is 0 Å². The Hall–Kier alpha value is -0.290. The van der Waals surface area contributed by atoms with Crippen molar-refractivity contribution in [3.63, 3.8) is 0 Å². The number of alkyl halides is 3. The first-order chi connectivity index (χ1) is 5.38. The van der Waals surface area contributed by atoms with Gasteiger partial charge in [0.15, 0.2) is 0 Å². The predicted molar refractivity (Wildman–Crippen MR) is 39.7 cm³/mol. The summed E-state index contributed by atoms with van der Waals surface area (Å²) in [5.41, 5.74) is 5.46. The molecular weight excluding hydrogens is 169 g/mol. The van der Waals surface area contributed by atoms with Gasteiger partial charge in [0.25, 0.3) is 0 Å². The molecule has 0 aliphatic heterocycles. The minimum atomic E-state index is -4.09. The second kappa shape index (κ2) is 3.22. The summed E-state index contributed by atoms with van der Waals surface area (Å²) in [6.07, 6.45) is -2.71. The third-order valence-corrected chi connectivity index (χ3v) is 2.20. The Labute approximate surface area is 69.5 Å². The fraction of sp³-hybridized carbons (Fsp3) is 1.00. The summed E-state index contributed by atoms with van der Waals surface area (Å²) < 4.78 is 35.6. The summed E-state index contributed by atoms with van der Waals surface area (Å²) in [6.45, 7) is -0.829. The van der Waals surface area contributed by atoms with Crippen LogP contribution in [0.3, 0.4) is 0 Å². The Kier molecular flexibility index (Phi) is 2.63. The Balaban J connectivity index is 2.25. The fourth-order valence-corrected chi connectivity index (χ4v) is 1.40. The molecule has 0 aromatic heterocycles. The van der Waals surface area contributed by atoms with Crippen LogP contribution < -0.4 is 5.73 Å². The van der Waals surface area contributed by atoms with Crippen LogP contribution in [0, 0.1) is 0 Å². The molecular formula is C7H13F3N2. The van der Waals surface area contributed by atoms with Crippen molar-refractivity contribution in [2.75, 3.05) is 13.6 Å². The van der Waals surface area contributed by atoms with Crippen molar-refractivity contribution in [2.45, 2.75) is 31.1 Å². The normalized spacial score (nSPS) is 30.5. The minimum Gasteiger partial charge on any atom is -0.328 e. The molecule has 0 spiro atoms.